The molecule has 0 aliphatic heterocycles. The molecule has 11 heteroatoms. The van der Waals surface area contributed by atoms with Crippen LogP contribution >= 0.6 is 24.8 Å². The number of fused-ring (bicyclic) bond motifs is 1. The van der Waals surface area contributed by atoms with Crippen LogP contribution in [0.25, 0.3) is 10.9 Å². The Morgan fingerprint density at radius 3 is 2.11 bits per heavy atom. The summed E-state index contributed by atoms with van der Waals surface area (Å²) in [5, 5.41) is 15.0. The summed E-state index contributed by atoms with van der Waals surface area (Å²) in [5.41, 5.74) is 17.1. The molecule has 3 aromatic carbocycles. The number of nitrogens with zero attached hydrogens (tertiary/aromatic N) is 4. The minimum Gasteiger partial charge on any atom is -0.378 e. The summed E-state index contributed by atoms with van der Waals surface area (Å²) in [5.74, 6) is -0.323. The average molecular weight is 553 g/mol. The van der Waals surface area contributed by atoms with E-state index in [1.54, 1.807) is 37.4 Å². The number of carbonyl (C=O) groups is 1. The van der Waals surface area contributed by atoms with Gasteiger partial charge in [0, 0.05) is 54.0 Å². The number of rotatable bonds is 7. The third kappa shape index (κ3) is 7.34. The smallest absolute Gasteiger partial charge is 0.255 e. The Hall–Kier alpha value is -4.34. The molecular weight excluding hydrogens is 523 g/mol. The molecule has 0 atom stereocenters. The molecule has 6 N–H and O–H groups in total. The van der Waals surface area contributed by atoms with Crippen LogP contribution in [0.1, 0.15) is 22.8 Å². The monoisotopic (exact) mass is 552 g/mol. The van der Waals surface area contributed by atoms with Crippen LogP contribution in [0.4, 0.5) is 22.7 Å². The van der Waals surface area contributed by atoms with E-state index in [9.17, 15) is 4.79 Å². The van der Waals surface area contributed by atoms with Crippen LogP contribution in [0.5, 0.6) is 0 Å². The first kappa shape index (κ1) is 29.9. The second-order valence-corrected chi connectivity index (χ2v) is 8.40. The number of halogens is 2. The quantitative estimate of drug-likeness (QED) is 0.142. The van der Waals surface area contributed by atoms with Gasteiger partial charge in [0.05, 0.1) is 11.2 Å². The maximum absolute atomic E-state index is 12.7. The highest BCUT2D eigenvalue weighted by molar-refractivity contribution is 6.05. The lowest BCUT2D eigenvalue weighted by atomic mass is 10.1. The second-order valence-electron chi connectivity index (χ2n) is 8.40. The maximum Gasteiger partial charge on any atom is 0.255 e. The molecule has 9 nitrogen and oxygen atoms in total. The first-order valence-corrected chi connectivity index (χ1v) is 11.3. The van der Waals surface area contributed by atoms with E-state index in [2.05, 4.69) is 36.8 Å². The predicted octanol–water partition coefficient (Wildman–Crippen LogP) is 5.14. The van der Waals surface area contributed by atoms with Gasteiger partial charge in [-0.3, -0.25) is 9.78 Å². The van der Waals surface area contributed by atoms with E-state index < -0.39 is 0 Å². The Morgan fingerprint density at radius 1 is 0.842 bits per heavy atom. The van der Waals surface area contributed by atoms with Gasteiger partial charge in [-0.05, 0) is 73.2 Å². The molecule has 0 unspecified atom stereocenters. The number of nitrogens with two attached hydrogens (primary N) is 2. The topological polar surface area (TPSA) is 134 Å². The van der Waals surface area contributed by atoms with Gasteiger partial charge in [-0.25, -0.2) is 0 Å². The van der Waals surface area contributed by atoms with E-state index in [-0.39, 0.29) is 36.7 Å². The van der Waals surface area contributed by atoms with Crippen molar-refractivity contribution in [3.8, 4) is 0 Å². The van der Waals surface area contributed by atoms with E-state index in [4.69, 9.17) is 11.5 Å². The molecular formula is C27H30Cl2N8O. The molecule has 0 radical (unpaired) electrons. The predicted molar refractivity (Wildman–Crippen MR) is 163 cm³/mol. The van der Waals surface area contributed by atoms with E-state index >= 15 is 0 Å². The normalized spacial score (nSPS) is 10.6. The number of guanidine groups is 1. The summed E-state index contributed by atoms with van der Waals surface area (Å²) in [4.78, 5) is 19.2. The fourth-order valence-corrected chi connectivity index (χ4v) is 3.57. The van der Waals surface area contributed by atoms with E-state index in [0.717, 1.165) is 33.5 Å². The van der Waals surface area contributed by atoms with Gasteiger partial charge in [0.2, 0.25) is 5.96 Å². The SMILES string of the molecule is CC(=NN=C(N)N)c1ccc(C(=O)Nc2ccc(Nc3ccnc4ccc(N(C)C)cc34)cc2)cc1.Cl.Cl. The zero-order valence-corrected chi connectivity index (χ0v) is 22.8. The van der Waals surface area contributed by atoms with Crippen LogP contribution in [0.15, 0.2) is 89.2 Å². The summed E-state index contributed by atoms with van der Waals surface area (Å²) in [6, 6.07) is 22.7. The lowest BCUT2D eigenvalue weighted by molar-refractivity contribution is 0.102. The molecule has 0 bridgehead atoms. The highest BCUT2D eigenvalue weighted by Gasteiger charge is 2.08. The maximum atomic E-state index is 12.7. The van der Waals surface area contributed by atoms with Crippen LogP contribution in [-0.4, -0.2) is 36.7 Å². The lowest BCUT2D eigenvalue weighted by Crippen LogP contribution is -2.22. The van der Waals surface area contributed by atoms with Crippen molar-refractivity contribution in [2.45, 2.75) is 6.92 Å². The molecule has 0 aliphatic carbocycles. The molecule has 0 fully saturated rings. The number of amides is 1. The molecule has 0 saturated carbocycles. The van der Waals surface area contributed by atoms with Crippen molar-refractivity contribution >= 4 is 76.0 Å². The van der Waals surface area contributed by atoms with Gasteiger partial charge in [-0.15, -0.1) is 29.9 Å². The molecule has 1 heterocycles. The molecule has 4 rings (SSSR count). The molecule has 1 aromatic heterocycles. The summed E-state index contributed by atoms with van der Waals surface area (Å²) in [6.07, 6.45) is 1.79. The highest BCUT2D eigenvalue weighted by atomic mass is 35.5. The fraction of sp³-hybridized carbons (Fsp3) is 0.111. The van der Waals surface area contributed by atoms with Crippen molar-refractivity contribution < 1.29 is 4.79 Å². The minimum atomic E-state index is -0.211. The molecule has 1 amide bonds. The Balaban J connectivity index is 0.00000253. The zero-order valence-electron chi connectivity index (χ0n) is 21.2. The van der Waals surface area contributed by atoms with Crippen molar-refractivity contribution in [2.24, 2.45) is 21.7 Å². The van der Waals surface area contributed by atoms with Gasteiger partial charge in [-0.2, -0.15) is 5.10 Å². The highest BCUT2D eigenvalue weighted by Crippen LogP contribution is 2.29. The first-order valence-electron chi connectivity index (χ1n) is 11.3. The van der Waals surface area contributed by atoms with Gasteiger partial charge in [0.25, 0.3) is 5.91 Å². The van der Waals surface area contributed by atoms with E-state index in [0.29, 0.717) is 17.0 Å². The number of benzene rings is 3. The Morgan fingerprint density at radius 2 is 1.47 bits per heavy atom. The number of hydrogen-bond donors (Lipinski definition) is 4. The molecule has 0 aliphatic rings. The van der Waals surface area contributed by atoms with Crippen molar-refractivity contribution in [1.29, 1.82) is 0 Å². The molecule has 38 heavy (non-hydrogen) atoms. The Bertz CT molecular complexity index is 1450. The molecule has 198 valence electrons. The van der Waals surface area contributed by atoms with Crippen LogP contribution in [0.2, 0.25) is 0 Å². The number of hydrogen-bond acceptors (Lipinski definition) is 6. The van der Waals surface area contributed by atoms with E-state index in [1.165, 1.54) is 0 Å². The summed E-state index contributed by atoms with van der Waals surface area (Å²) >= 11 is 0. The van der Waals surface area contributed by atoms with Crippen molar-refractivity contribution in [3.63, 3.8) is 0 Å². The average Bonchev–Trinajstić information content (AvgIpc) is 2.88. The van der Waals surface area contributed by atoms with E-state index in [1.807, 2.05) is 56.6 Å². The lowest BCUT2D eigenvalue weighted by Gasteiger charge is -2.15. The molecule has 4 aromatic rings. The standard InChI is InChI=1S/C27H28N8O.2ClH/c1-17(33-34-27(28)29)18-4-6-19(7-5-18)26(36)32-21-10-8-20(9-11-21)31-25-14-15-30-24-13-12-22(35(2)3)16-23(24)25;;/h4-16H,1-3H3,(H,30,31)(H,32,36)(H4,28,29,34);2*1H. The Kier molecular flexibility index (Phi) is 10.4. The van der Waals surface area contributed by atoms with Crippen LogP contribution in [0, 0.1) is 0 Å². The minimum absolute atomic E-state index is 0. The number of carbonyl (C=O) groups excluding carboxylic acids is 1. The number of aromatic nitrogens is 1. The van der Waals surface area contributed by atoms with Gasteiger partial charge >= 0.3 is 0 Å². The third-order valence-electron chi connectivity index (χ3n) is 5.54. The van der Waals surface area contributed by atoms with Gasteiger partial charge in [-0.1, -0.05) is 12.1 Å². The number of nitrogens with one attached hydrogen (secondary N) is 2. The number of anilines is 4. The van der Waals surface area contributed by atoms with Crippen LogP contribution in [0.3, 0.4) is 0 Å². The van der Waals surface area contributed by atoms with Gasteiger partial charge in [0.1, 0.15) is 0 Å². The van der Waals surface area contributed by atoms with Gasteiger partial charge in [0.15, 0.2) is 0 Å². The largest absolute Gasteiger partial charge is 0.378 e. The second kappa shape index (κ2) is 13.3. The third-order valence-corrected chi connectivity index (χ3v) is 5.54. The van der Waals surface area contributed by atoms with Crippen molar-refractivity contribution in [2.75, 3.05) is 29.6 Å². The zero-order chi connectivity index (χ0) is 25.7. The van der Waals surface area contributed by atoms with Crippen molar-refractivity contribution in [1.82, 2.24) is 4.98 Å². The molecule has 0 saturated heterocycles. The van der Waals surface area contributed by atoms with Crippen molar-refractivity contribution in [3.05, 3.63) is 90.1 Å². The summed E-state index contributed by atoms with van der Waals surface area (Å²) in [6.45, 7) is 1.78. The van der Waals surface area contributed by atoms with Crippen LogP contribution in [-0.2, 0) is 0 Å². The number of pyridine rings is 1. The summed E-state index contributed by atoms with van der Waals surface area (Å²) in [7, 11) is 4.02. The summed E-state index contributed by atoms with van der Waals surface area (Å²) < 4.78 is 0. The molecule has 0 spiro atoms. The van der Waals surface area contributed by atoms with Crippen LogP contribution < -0.4 is 27.0 Å². The fourth-order valence-electron chi connectivity index (χ4n) is 3.57. The first-order chi connectivity index (χ1) is 17.3. The van der Waals surface area contributed by atoms with Gasteiger partial charge < -0.3 is 27.0 Å². The Labute approximate surface area is 233 Å².